The lowest BCUT2D eigenvalue weighted by molar-refractivity contribution is -0.122. The molecule has 2 amide bonds. The maximum absolute atomic E-state index is 13.1. The van der Waals surface area contributed by atoms with Crippen molar-refractivity contribution in [2.45, 2.75) is 46.2 Å². The Morgan fingerprint density at radius 2 is 2.00 bits per heavy atom. The van der Waals surface area contributed by atoms with Crippen molar-refractivity contribution in [1.29, 1.82) is 0 Å². The first kappa shape index (κ1) is 22.5. The van der Waals surface area contributed by atoms with Gasteiger partial charge in [0.2, 0.25) is 11.8 Å². The Bertz CT molecular complexity index is 1020. The molecule has 32 heavy (non-hydrogen) atoms. The number of thiophene rings is 1. The number of amides is 2. The highest BCUT2D eigenvalue weighted by Crippen LogP contribution is 2.38. The number of esters is 1. The van der Waals surface area contributed by atoms with E-state index in [-0.39, 0.29) is 24.8 Å². The predicted molar refractivity (Wildman–Crippen MR) is 125 cm³/mol. The average Bonchev–Trinajstić information content (AvgIpc) is 3.34. The van der Waals surface area contributed by atoms with Gasteiger partial charge in [0.15, 0.2) is 0 Å². The van der Waals surface area contributed by atoms with Gasteiger partial charge in [-0.15, -0.1) is 11.3 Å². The van der Waals surface area contributed by atoms with Crippen LogP contribution >= 0.6 is 11.3 Å². The quantitative estimate of drug-likeness (QED) is 0.672. The van der Waals surface area contributed by atoms with Gasteiger partial charge in [0.25, 0.3) is 0 Å². The van der Waals surface area contributed by atoms with E-state index < -0.39 is 11.9 Å². The maximum Gasteiger partial charge on any atom is 0.341 e. The average molecular weight is 456 g/mol. The molecule has 0 aliphatic carbocycles. The van der Waals surface area contributed by atoms with Crippen molar-refractivity contribution in [3.05, 3.63) is 46.3 Å². The number of benzene rings is 1. The minimum atomic E-state index is -0.468. The topological polar surface area (TPSA) is 78.9 Å². The van der Waals surface area contributed by atoms with Crippen molar-refractivity contribution in [2.75, 3.05) is 29.9 Å². The van der Waals surface area contributed by atoms with Crippen LogP contribution in [-0.4, -0.2) is 48.4 Å². The van der Waals surface area contributed by atoms with Crippen molar-refractivity contribution >= 4 is 39.8 Å². The number of hydrogen-bond acceptors (Lipinski definition) is 6. The third-order valence-corrected chi connectivity index (χ3v) is 7.23. The number of anilines is 2. The number of carbonyl (C=O) groups excluding carboxylic acids is 3. The lowest BCUT2D eigenvalue weighted by Gasteiger charge is -2.30. The molecule has 4 rings (SSSR count). The molecule has 170 valence electrons. The van der Waals surface area contributed by atoms with E-state index in [4.69, 9.17) is 4.74 Å². The molecule has 1 unspecified atom stereocenters. The third kappa shape index (κ3) is 4.42. The summed E-state index contributed by atoms with van der Waals surface area (Å²) >= 11 is 1.45. The van der Waals surface area contributed by atoms with Crippen LogP contribution in [0.3, 0.4) is 0 Å². The van der Waals surface area contributed by atoms with Gasteiger partial charge in [0.1, 0.15) is 5.00 Å². The number of para-hydroxylation sites is 1. The Morgan fingerprint density at radius 3 is 2.69 bits per heavy atom. The molecule has 0 spiro atoms. The number of ether oxygens (including phenoxy) is 1. The van der Waals surface area contributed by atoms with Crippen molar-refractivity contribution in [3.63, 3.8) is 0 Å². The first-order valence-electron chi connectivity index (χ1n) is 11.1. The fraction of sp³-hybridized carbons (Fsp3) is 0.458. The Hall–Kier alpha value is -2.71. The summed E-state index contributed by atoms with van der Waals surface area (Å²) in [6.45, 7) is 8.31. The molecule has 0 bridgehead atoms. The van der Waals surface area contributed by atoms with Gasteiger partial charge in [-0.25, -0.2) is 4.79 Å². The van der Waals surface area contributed by atoms with Crippen LogP contribution in [0.5, 0.6) is 0 Å². The minimum absolute atomic E-state index is 0.0694. The molecule has 7 nitrogen and oxygen atoms in total. The smallest absolute Gasteiger partial charge is 0.341 e. The van der Waals surface area contributed by atoms with E-state index in [0.717, 1.165) is 35.6 Å². The van der Waals surface area contributed by atoms with Crippen LogP contribution in [0, 0.1) is 5.92 Å². The van der Waals surface area contributed by atoms with Crippen LogP contribution in [0.25, 0.3) is 0 Å². The van der Waals surface area contributed by atoms with E-state index in [1.54, 1.807) is 11.8 Å². The molecule has 1 fully saturated rings. The lowest BCUT2D eigenvalue weighted by Crippen LogP contribution is -2.35. The Morgan fingerprint density at radius 1 is 1.25 bits per heavy atom. The normalized spacial score (nSPS) is 18.7. The van der Waals surface area contributed by atoms with E-state index in [9.17, 15) is 14.4 Å². The SMILES string of the molecule is CCOC(=O)c1c(NC(=O)C2CC(=O)N(c3ccccc3)C2)sc2c1CCN(C(C)C)C2. The van der Waals surface area contributed by atoms with Gasteiger partial charge in [-0.3, -0.25) is 14.5 Å². The number of hydrogen-bond donors (Lipinski definition) is 1. The number of nitrogens with one attached hydrogen (secondary N) is 1. The number of carbonyl (C=O) groups is 3. The summed E-state index contributed by atoms with van der Waals surface area (Å²) < 4.78 is 5.31. The van der Waals surface area contributed by atoms with Crippen molar-refractivity contribution in [1.82, 2.24) is 4.90 Å². The first-order valence-corrected chi connectivity index (χ1v) is 11.9. The molecule has 1 aromatic carbocycles. The van der Waals surface area contributed by atoms with Gasteiger partial charge in [-0.1, -0.05) is 18.2 Å². The summed E-state index contributed by atoms with van der Waals surface area (Å²) in [5.41, 5.74) is 2.25. The van der Waals surface area contributed by atoms with Crippen LogP contribution in [0.1, 0.15) is 48.0 Å². The standard InChI is InChI=1S/C24H29N3O4S/c1-4-31-24(30)21-18-10-11-26(15(2)3)14-19(18)32-23(21)25-22(29)16-12-20(28)27(13-16)17-8-6-5-7-9-17/h5-9,15-16H,4,10-14H2,1-3H3,(H,25,29). The number of fused-ring (bicyclic) bond motifs is 1. The molecule has 2 aromatic rings. The van der Waals surface area contributed by atoms with E-state index in [1.165, 1.54) is 11.3 Å². The van der Waals surface area contributed by atoms with E-state index in [2.05, 4.69) is 24.1 Å². The van der Waals surface area contributed by atoms with Crippen molar-refractivity contribution < 1.29 is 19.1 Å². The number of rotatable bonds is 6. The fourth-order valence-corrected chi connectivity index (χ4v) is 5.59. The number of nitrogens with zero attached hydrogens (tertiary/aromatic N) is 2. The first-order chi connectivity index (χ1) is 15.4. The van der Waals surface area contributed by atoms with Crippen LogP contribution in [0.2, 0.25) is 0 Å². The summed E-state index contributed by atoms with van der Waals surface area (Å²) in [5.74, 6) is -1.17. The molecule has 1 aromatic heterocycles. The lowest BCUT2D eigenvalue weighted by atomic mass is 10.0. The highest BCUT2D eigenvalue weighted by atomic mass is 32.1. The van der Waals surface area contributed by atoms with Gasteiger partial charge in [-0.2, -0.15) is 0 Å². The van der Waals surface area contributed by atoms with Gasteiger partial charge >= 0.3 is 5.97 Å². The fourth-order valence-electron chi connectivity index (χ4n) is 4.33. The Kier molecular flexibility index (Phi) is 6.62. The maximum atomic E-state index is 13.1. The monoisotopic (exact) mass is 455 g/mol. The molecular weight excluding hydrogens is 426 g/mol. The highest BCUT2D eigenvalue weighted by molar-refractivity contribution is 7.17. The van der Waals surface area contributed by atoms with Crippen LogP contribution in [0.4, 0.5) is 10.7 Å². The molecule has 0 radical (unpaired) electrons. The van der Waals surface area contributed by atoms with Crippen molar-refractivity contribution in [3.8, 4) is 0 Å². The largest absolute Gasteiger partial charge is 0.462 e. The molecule has 1 N–H and O–H groups in total. The molecule has 1 atom stereocenters. The van der Waals surface area contributed by atoms with Gasteiger partial charge in [0, 0.05) is 42.7 Å². The van der Waals surface area contributed by atoms with E-state index in [1.807, 2.05) is 30.3 Å². The molecule has 3 heterocycles. The zero-order chi connectivity index (χ0) is 22.8. The van der Waals surface area contributed by atoms with Crippen LogP contribution < -0.4 is 10.2 Å². The molecule has 1 saturated heterocycles. The van der Waals surface area contributed by atoms with Crippen LogP contribution in [-0.2, 0) is 27.3 Å². The zero-order valence-electron chi connectivity index (χ0n) is 18.7. The van der Waals surface area contributed by atoms with Gasteiger partial charge in [0.05, 0.1) is 18.1 Å². The molecule has 2 aliphatic heterocycles. The predicted octanol–water partition coefficient (Wildman–Crippen LogP) is 3.68. The second kappa shape index (κ2) is 9.42. The summed E-state index contributed by atoms with van der Waals surface area (Å²) in [7, 11) is 0. The second-order valence-corrected chi connectivity index (χ2v) is 9.58. The summed E-state index contributed by atoms with van der Waals surface area (Å²) in [6.07, 6.45) is 0.902. The molecule has 2 aliphatic rings. The summed E-state index contributed by atoms with van der Waals surface area (Å²) in [4.78, 5) is 43.5. The highest BCUT2D eigenvalue weighted by Gasteiger charge is 2.37. The third-order valence-electron chi connectivity index (χ3n) is 6.10. The summed E-state index contributed by atoms with van der Waals surface area (Å²) in [5, 5.41) is 3.50. The van der Waals surface area contributed by atoms with Gasteiger partial charge in [-0.05, 0) is 44.9 Å². The van der Waals surface area contributed by atoms with Crippen LogP contribution in [0.15, 0.2) is 30.3 Å². The second-order valence-electron chi connectivity index (χ2n) is 8.47. The van der Waals surface area contributed by atoms with Crippen molar-refractivity contribution in [2.24, 2.45) is 5.92 Å². The molecule has 0 saturated carbocycles. The zero-order valence-corrected chi connectivity index (χ0v) is 19.5. The molecule has 8 heteroatoms. The minimum Gasteiger partial charge on any atom is -0.462 e. The Labute approximate surface area is 192 Å². The molecular formula is C24H29N3O4S. The Balaban J connectivity index is 1.55. The van der Waals surface area contributed by atoms with Gasteiger partial charge < -0.3 is 15.0 Å². The van der Waals surface area contributed by atoms with E-state index >= 15 is 0 Å². The summed E-state index contributed by atoms with van der Waals surface area (Å²) in [6, 6.07) is 9.78. The van der Waals surface area contributed by atoms with E-state index in [0.29, 0.717) is 23.2 Å².